The smallest absolute Gasteiger partial charge is 0.0678 e. The minimum Gasteiger partial charge on any atom is -0.373 e. The summed E-state index contributed by atoms with van der Waals surface area (Å²) in [5, 5.41) is 0. The summed E-state index contributed by atoms with van der Waals surface area (Å²) < 4.78 is 5.82. The monoisotopic (exact) mass is 225 g/mol. The van der Waals surface area contributed by atoms with Gasteiger partial charge in [-0.2, -0.15) is 0 Å². The maximum absolute atomic E-state index is 5.82. The average molecular weight is 225 g/mol. The molecule has 2 unspecified atom stereocenters. The average Bonchev–Trinajstić information content (AvgIpc) is 2.14. The van der Waals surface area contributed by atoms with E-state index in [1.54, 1.807) is 0 Å². The standard InChI is InChI=1S/C14H27NO/c1-10-5-11(2)7-14(6-10)15-8-12(3)16-13(4)9-15/h10-14H,5-9H2,1-4H3/t10?,11?,12-,13+,14?. The number of hydrogen-bond donors (Lipinski definition) is 0. The second-order valence-corrected chi connectivity index (χ2v) is 6.28. The molecule has 2 rings (SSSR count). The van der Waals surface area contributed by atoms with Gasteiger partial charge in [0.05, 0.1) is 12.2 Å². The lowest BCUT2D eigenvalue weighted by Crippen LogP contribution is -2.51. The Balaban J connectivity index is 1.95. The van der Waals surface area contributed by atoms with E-state index in [0.717, 1.165) is 31.0 Å². The van der Waals surface area contributed by atoms with Crippen LogP contribution in [-0.4, -0.2) is 36.2 Å². The fourth-order valence-corrected chi connectivity index (χ4v) is 3.72. The zero-order valence-electron chi connectivity index (χ0n) is 11.3. The number of ether oxygens (including phenoxy) is 1. The summed E-state index contributed by atoms with van der Waals surface area (Å²) in [5.41, 5.74) is 0. The third-order valence-corrected chi connectivity index (χ3v) is 4.12. The summed E-state index contributed by atoms with van der Waals surface area (Å²) in [6, 6.07) is 0.813. The van der Waals surface area contributed by atoms with Gasteiger partial charge < -0.3 is 4.74 Å². The zero-order valence-corrected chi connectivity index (χ0v) is 11.3. The molecule has 0 aromatic rings. The zero-order chi connectivity index (χ0) is 11.7. The Kier molecular flexibility index (Phi) is 3.91. The Bertz CT molecular complexity index is 187. The summed E-state index contributed by atoms with van der Waals surface area (Å²) in [4.78, 5) is 2.69. The van der Waals surface area contributed by atoms with E-state index in [4.69, 9.17) is 4.74 Å². The Morgan fingerprint density at radius 2 is 1.31 bits per heavy atom. The molecule has 94 valence electrons. The van der Waals surface area contributed by atoms with Crippen molar-refractivity contribution in [2.75, 3.05) is 13.1 Å². The first-order chi connectivity index (χ1) is 7.54. The van der Waals surface area contributed by atoms with Gasteiger partial charge in [-0.05, 0) is 44.9 Å². The molecule has 0 amide bonds. The Morgan fingerprint density at radius 3 is 1.81 bits per heavy atom. The lowest BCUT2D eigenvalue weighted by atomic mass is 9.79. The molecular formula is C14H27NO. The highest BCUT2D eigenvalue weighted by molar-refractivity contribution is 4.85. The van der Waals surface area contributed by atoms with E-state index in [1.165, 1.54) is 19.3 Å². The van der Waals surface area contributed by atoms with Gasteiger partial charge in [0.2, 0.25) is 0 Å². The molecule has 1 aliphatic heterocycles. The third-order valence-electron chi connectivity index (χ3n) is 4.12. The highest BCUT2D eigenvalue weighted by Gasteiger charge is 2.32. The topological polar surface area (TPSA) is 12.5 Å². The normalized spacial score (nSPS) is 46.9. The molecule has 0 aromatic carbocycles. The fourth-order valence-electron chi connectivity index (χ4n) is 3.72. The molecule has 2 aliphatic rings. The molecule has 0 radical (unpaired) electrons. The molecule has 16 heavy (non-hydrogen) atoms. The lowest BCUT2D eigenvalue weighted by Gasteiger charge is -2.44. The molecule has 0 bridgehead atoms. The van der Waals surface area contributed by atoms with Crippen molar-refractivity contribution in [3.8, 4) is 0 Å². The summed E-state index contributed by atoms with van der Waals surface area (Å²) >= 11 is 0. The van der Waals surface area contributed by atoms with Crippen LogP contribution in [0, 0.1) is 11.8 Å². The minimum absolute atomic E-state index is 0.413. The predicted molar refractivity (Wildman–Crippen MR) is 67.5 cm³/mol. The molecule has 1 aliphatic carbocycles. The van der Waals surface area contributed by atoms with E-state index in [-0.39, 0.29) is 0 Å². The van der Waals surface area contributed by atoms with E-state index >= 15 is 0 Å². The van der Waals surface area contributed by atoms with E-state index in [0.29, 0.717) is 12.2 Å². The van der Waals surface area contributed by atoms with Gasteiger partial charge in [0.25, 0.3) is 0 Å². The maximum Gasteiger partial charge on any atom is 0.0678 e. The van der Waals surface area contributed by atoms with Crippen LogP contribution in [0.15, 0.2) is 0 Å². The molecule has 4 atom stereocenters. The van der Waals surface area contributed by atoms with Crippen LogP contribution in [-0.2, 0) is 4.74 Å². The number of hydrogen-bond acceptors (Lipinski definition) is 2. The molecular weight excluding hydrogens is 198 g/mol. The van der Waals surface area contributed by atoms with Gasteiger partial charge in [0, 0.05) is 19.1 Å². The van der Waals surface area contributed by atoms with Crippen molar-refractivity contribution in [2.24, 2.45) is 11.8 Å². The number of morpholine rings is 1. The maximum atomic E-state index is 5.82. The highest BCUT2D eigenvalue weighted by atomic mass is 16.5. The van der Waals surface area contributed by atoms with E-state index in [9.17, 15) is 0 Å². The molecule has 1 heterocycles. The van der Waals surface area contributed by atoms with Gasteiger partial charge in [-0.3, -0.25) is 4.90 Å². The fraction of sp³-hybridized carbons (Fsp3) is 1.00. The molecule has 0 spiro atoms. The molecule has 1 saturated carbocycles. The predicted octanol–water partition coefficient (Wildman–Crippen LogP) is 2.92. The summed E-state index contributed by atoms with van der Waals surface area (Å²) in [5.74, 6) is 1.81. The summed E-state index contributed by atoms with van der Waals surface area (Å²) in [6.45, 7) is 11.5. The SMILES string of the molecule is CC1CC(C)CC(N2C[C@@H](C)O[C@@H](C)C2)C1. The van der Waals surface area contributed by atoms with Gasteiger partial charge in [-0.15, -0.1) is 0 Å². The van der Waals surface area contributed by atoms with Crippen LogP contribution in [0.4, 0.5) is 0 Å². The van der Waals surface area contributed by atoms with Gasteiger partial charge in [-0.25, -0.2) is 0 Å². The molecule has 2 nitrogen and oxygen atoms in total. The van der Waals surface area contributed by atoms with E-state index in [2.05, 4.69) is 32.6 Å². The van der Waals surface area contributed by atoms with Crippen molar-refractivity contribution in [2.45, 2.75) is 65.2 Å². The van der Waals surface area contributed by atoms with Crippen LogP contribution in [0.3, 0.4) is 0 Å². The van der Waals surface area contributed by atoms with Crippen LogP contribution in [0.5, 0.6) is 0 Å². The molecule has 2 fully saturated rings. The number of rotatable bonds is 1. The Labute approximate surface area is 100 Å². The first-order valence-electron chi connectivity index (χ1n) is 6.94. The quantitative estimate of drug-likeness (QED) is 0.680. The first-order valence-corrected chi connectivity index (χ1v) is 6.94. The van der Waals surface area contributed by atoms with Crippen LogP contribution in [0.1, 0.15) is 47.0 Å². The molecule has 2 heteroatoms. The Hall–Kier alpha value is -0.0800. The van der Waals surface area contributed by atoms with E-state index < -0.39 is 0 Å². The Morgan fingerprint density at radius 1 is 0.812 bits per heavy atom. The second-order valence-electron chi connectivity index (χ2n) is 6.28. The molecule has 0 N–H and O–H groups in total. The molecule has 1 saturated heterocycles. The summed E-state index contributed by atoms with van der Waals surface area (Å²) in [6.07, 6.45) is 5.03. The van der Waals surface area contributed by atoms with Crippen LogP contribution < -0.4 is 0 Å². The van der Waals surface area contributed by atoms with Gasteiger partial charge in [0.1, 0.15) is 0 Å². The first kappa shape index (κ1) is 12.4. The van der Waals surface area contributed by atoms with Crippen molar-refractivity contribution < 1.29 is 4.74 Å². The highest BCUT2D eigenvalue weighted by Crippen LogP contribution is 2.32. The van der Waals surface area contributed by atoms with Crippen molar-refractivity contribution in [1.82, 2.24) is 4.90 Å². The van der Waals surface area contributed by atoms with Crippen LogP contribution >= 0.6 is 0 Å². The molecule has 0 aromatic heterocycles. The van der Waals surface area contributed by atoms with Crippen LogP contribution in [0.25, 0.3) is 0 Å². The third kappa shape index (κ3) is 2.98. The minimum atomic E-state index is 0.413. The van der Waals surface area contributed by atoms with Gasteiger partial charge in [-0.1, -0.05) is 13.8 Å². The number of nitrogens with zero attached hydrogens (tertiary/aromatic N) is 1. The van der Waals surface area contributed by atoms with Crippen molar-refractivity contribution in [3.05, 3.63) is 0 Å². The van der Waals surface area contributed by atoms with Crippen molar-refractivity contribution in [1.29, 1.82) is 0 Å². The largest absolute Gasteiger partial charge is 0.373 e. The van der Waals surface area contributed by atoms with Gasteiger partial charge >= 0.3 is 0 Å². The van der Waals surface area contributed by atoms with Gasteiger partial charge in [0.15, 0.2) is 0 Å². The lowest BCUT2D eigenvalue weighted by molar-refractivity contribution is -0.0882. The summed E-state index contributed by atoms with van der Waals surface area (Å²) in [7, 11) is 0. The second kappa shape index (κ2) is 5.05. The van der Waals surface area contributed by atoms with Crippen LogP contribution in [0.2, 0.25) is 0 Å². The van der Waals surface area contributed by atoms with Crippen molar-refractivity contribution >= 4 is 0 Å². The van der Waals surface area contributed by atoms with E-state index in [1.807, 2.05) is 0 Å². The van der Waals surface area contributed by atoms with Crippen molar-refractivity contribution in [3.63, 3.8) is 0 Å².